The molecule has 0 aromatic heterocycles. The molecule has 0 N–H and O–H groups in total. The first kappa shape index (κ1) is 14.6. The maximum absolute atomic E-state index is 5.75. The largest absolute Gasteiger partial charge is 0.0984 e. The van der Waals surface area contributed by atoms with Gasteiger partial charge in [-0.2, -0.15) is 0 Å². The maximum Gasteiger partial charge on any atom is 0.0478 e. The first-order valence-corrected chi connectivity index (χ1v) is 6.28. The topological polar surface area (TPSA) is 0 Å². The molecule has 0 fully saturated rings. The second-order valence-electron chi connectivity index (χ2n) is 3.43. The third-order valence-electron chi connectivity index (χ3n) is 2.18. The summed E-state index contributed by atoms with van der Waals surface area (Å²) >= 11 is 11.1. The van der Waals surface area contributed by atoms with Crippen molar-refractivity contribution in [3.8, 4) is 0 Å². The summed E-state index contributed by atoms with van der Waals surface area (Å²) in [7, 11) is 0. The van der Waals surface area contributed by atoms with E-state index in [2.05, 4.69) is 6.58 Å². The van der Waals surface area contributed by atoms with Gasteiger partial charge in [0.2, 0.25) is 0 Å². The summed E-state index contributed by atoms with van der Waals surface area (Å²) in [5.74, 6) is 0. The van der Waals surface area contributed by atoms with E-state index >= 15 is 0 Å². The van der Waals surface area contributed by atoms with Crippen molar-refractivity contribution in [3.05, 3.63) is 82.9 Å². The zero-order valence-corrected chi connectivity index (χ0v) is 11.4. The Morgan fingerprint density at radius 3 is 2.00 bits per heavy atom. The van der Waals surface area contributed by atoms with Crippen LogP contribution < -0.4 is 0 Å². The van der Waals surface area contributed by atoms with E-state index in [4.69, 9.17) is 23.2 Å². The lowest BCUT2D eigenvalue weighted by Crippen LogP contribution is -1.69. The average Bonchev–Trinajstić information content (AvgIpc) is 2.42. The minimum Gasteiger partial charge on any atom is -0.0984 e. The molecule has 0 radical (unpaired) electrons. The summed E-state index contributed by atoms with van der Waals surface area (Å²) in [6.45, 7) is 3.61. The average molecular weight is 277 g/mol. The van der Waals surface area contributed by atoms with Crippen LogP contribution in [0.25, 0.3) is 12.2 Å². The van der Waals surface area contributed by atoms with Gasteiger partial charge in [0.1, 0.15) is 0 Å². The van der Waals surface area contributed by atoms with Crippen LogP contribution in [-0.4, -0.2) is 0 Å². The van der Waals surface area contributed by atoms with Crippen LogP contribution in [0, 0.1) is 0 Å². The molecule has 2 aromatic rings. The molecule has 0 heterocycles. The van der Waals surface area contributed by atoms with Gasteiger partial charge in [-0.05, 0) is 23.3 Å². The molecule has 0 aliphatic heterocycles. The van der Waals surface area contributed by atoms with Gasteiger partial charge in [-0.25, -0.2) is 0 Å². The van der Waals surface area contributed by atoms with Gasteiger partial charge in [-0.3, -0.25) is 0 Å². The predicted molar refractivity (Wildman–Crippen MR) is 82.9 cm³/mol. The van der Waals surface area contributed by atoms with E-state index in [1.54, 1.807) is 6.08 Å². The minimum atomic E-state index is 0.757. The van der Waals surface area contributed by atoms with Crippen molar-refractivity contribution in [2.45, 2.75) is 0 Å². The SMILES string of the molecule is C=Cc1ccccc1Cl.ClC=Cc1ccccc1. The van der Waals surface area contributed by atoms with Gasteiger partial charge >= 0.3 is 0 Å². The molecule has 0 amide bonds. The van der Waals surface area contributed by atoms with Gasteiger partial charge in [0.05, 0.1) is 0 Å². The molecule has 18 heavy (non-hydrogen) atoms. The molecule has 0 aliphatic rings. The first-order chi connectivity index (χ1) is 8.77. The van der Waals surface area contributed by atoms with Crippen molar-refractivity contribution in [1.29, 1.82) is 0 Å². The van der Waals surface area contributed by atoms with E-state index in [0.29, 0.717) is 0 Å². The molecular formula is C16H14Cl2. The van der Waals surface area contributed by atoms with Gasteiger partial charge in [0.25, 0.3) is 0 Å². The summed E-state index contributed by atoms with van der Waals surface area (Å²) in [6.07, 6.45) is 3.59. The third kappa shape index (κ3) is 5.22. The molecule has 0 nitrogen and oxygen atoms in total. The van der Waals surface area contributed by atoms with E-state index in [-0.39, 0.29) is 0 Å². The molecule has 0 atom stereocenters. The van der Waals surface area contributed by atoms with Crippen molar-refractivity contribution < 1.29 is 0 Å². The van der Waals surface area contributed by atoms with Gasteiger partial charge in [-0.15, -0.1) is 0 Å². The van der Waals surface area contributed by atoms with Gasteiger partial charge < -0.3 is 0 Å². The molecule has 0 unspecified atom stereocenters. The van der Waals surface area contributed by atoms with Crippen LogP contribution in [0.15, 0.2) is 66.7 Å². The molecule has 0 aliphatic carbocycles. The normalized spacial score (nSPS) is 9.67. The Hall–Kier alpha value is -1.50. The molecule has 2 rings (SSSR count). The fourth-order valence-electron chi connectivity index (χ4n) is 1.28. The quantitative estimate of drug-likeness (QED) is 0.643. The lowest BCUT2D eigenvalue weighted by molar-refractivity contribution is 1.66. The molecule has 92 valence electrons. The number of benzene rings is 2. The fraction of sp³-hybridized carbons (Fsp3) is 0. The fourth-order valence-corrected chi connectivity index (χ4v) is 1.64. The summed E-state index contributed by atoms with van der Waals surface area (Å²) in [6, 6.07) is 17.5. The summed E-state index contributed by atoms with van der Waals surface area (Å²) in [5, 5.41) is 0.757. The Bertz CT molecular complexity index is 502. The zero-order valence-electron chi connectivity index (χ0n) is 9.89. The summed E-state index contributed by atoms with van der Waals surface area (Å²) < 4.78 is 0. The number of rotatable bonds is 2. The van der Waals surface area contributed by atoms with E-state index < -0.39 is 0 Å². The molecule has 2 heteroatoms. The highest BCUT2D eigenvalue weighted by molar-refractivity contribution is 6.32. The van der Waals surface area contributed by atoms with Crippen LogP contribution in [-0.2, 0) is 0 Å². The maximum atomic E-state index is 5.75. The van der Waals surface area contributed by atoms with Crippen molar-refractivity contribution in [2.75, 3.05) is 0 Å². The van der Waals surface area contributed by atoms with Crippen molar-refractivity contribution in [1.82, 2.24) is 0 Å². The van der Waals surface area contributed by atoms with E-state index in [1.165, 1.54) is 5.54 Å². The Balaban J connectivity index is 0.000000180. The van der Waals surface area contributed by atoms with Gasteiger partial charge in [0, 0.05) is 10.6 Å². The highest BCUT2D eigenvalue weighted by atomic mass is 35.5. The lowest BCUT2D eigenvalue weighted by Gasteiger charge is -1.92. The van der Waals surface area contributed by atoms with Crippen LogP contribution in [0.1, 0.15) is 11.1 Å². The van der Waals surface area contributed by atoms with Gasteiger partial charge in [-0.1, -0.05) is 84.4 Å². The molecule has 0 saturated heterocycles. The Kier molecular flexibility index (Phi) is 6.93. The molecule has 0 saturated carbocycles. The minimum absolute atomic E-state index is 0.757. The Labute approximate surface area is 118 Å². The molecular weight excluding hydrogens is 263 g/mol. The zero-order chi connectivity index (χ0) is 13.2. The van der Waals surface area contributed by atoms with Crippen LogP contribution in [0.2, 0.25) is 5.02 Å². The molecule has 0 bridgehead atoms. The van der Waals surface area contributed by atoms with Crippen molar-refractivity contribution >= 4 is 35.4 Å². The second kappa shape index (κ2) is 8.57. The Morgan fingerprint density at radius 2 is 1.50 bits per heavy atom. The Morgan fingerprint density at radius 1 is 0.889 bits per heavy atom. The van der Waals surface area contributed by atoms with Crippen LogP contribution in [0.4, 0.5) is 0 Å². The summed E-state index contributed by atoms with van der Waals surface area (Å²) in [5.41, 5.74) is 3.63. The third-order valence-corrected chi connectivity index (χ3v) is 2.65. The van der Waals surface area contributed by atoms with E-state index in [0.717, 1.165) is 16.1 Å². The van der Waals surface area contributed by atoms with E-state index in [9.17, 15) is 0 Å². The molecule has 0 spiro atoms. The number of hydrogen-bond donors (Lipinski definition) is 0. The summed E-state index contributed by atoms with van der Waals surface area (Å²) in [4.78, 5) is 0. The van der Waals surface area contributed by atoms with Gasteiger partial charge in [0.15, 0.2) is 0 Å². The standard InChI is InChI=1S/2C8H7Cl/c1-2-7-5-3-4-6-8(7)9;9-7-6-8-4-2-1-3-5-8/h2-6H,1H2;1-7H. The highest BCUT2D eigenvalue weighted by Crippen LogP contribution is 2.14. The monoisotopic (exact) mass is 276 g/mol. The first-order valence-electron chi connectivity index (χ1n) is 5.46. The van der Waals surface area contributed by atoms with Crippen molar-refractivity contribution in [2.24, 2.45) is 0 Å². The smallest absolute Gasteiger partial charge is 0.0478 e. The number of hydrogen-bond acceptors (Lipinski definition) is 0. The van der Waals surface area contributed by atoms with E-state index in [1.807, 2.05) is 60.7 Å². The van der Waals surface area contributed by atoms with Crippen LogP contribution in [0.3, 0.4) is 0 Å². The van der Waals surface area contributed by atoms with Crippen LogP contribution >= 0.6 is 23.2 Å². The van der Waals surface area contributed by atoms with Crippen molar-refractivity contribution in [3.63, 3.8) is 0 Å². The second-order valence-corrected chi connectivity index (χ2v) is 4.09. The predicted octanol–water partition coefficient (Wildman–Crippen LogP) is 5.88. The number of halogens is 2. The van der Waals surface area contributed by atoms with Crippen LogP contribution in [0.5, 0.6) is 0 Å². The lowest BCUT2D eigenvalue weighted by atomic mass is 10.2. The highest BCUT2D eigenvalue weighted by Gasteiger charge is 1.89. The molecule has 2 aromatic carbocycles.